The Bertz CT molecular complexity index is 778. The van der Waals surface area contributed by atoms with Gasteiger partial charge < -0.3 is 25.0 Å². The summed E-state index contributed by atoms with van der Waals surface area (Å²) in [6.45, 7) is 0.630. The summed E-state index contributed by atoms with van der Waals surface area (Å²) in [5.41, 5.74) is 1.76. The zero-order chi connectivity index (χ0) is 17.4. The number of aliphatic hydroxyl groups excluding tert-OH is 3. The van der Waals surface area contributed by atoms with Gasteiger partial charge in [0.2, 0.25) is 0 Å². The molecule has 0 spiro atoms. The molecule has 2 aliphatic rings. The molecule has 0 radical (unpaired) electrons. The lowest BCUT2D eigenvalue weighted by molar-refractivity contribution is -0.0511. The van der Waals surface area contributed by atoms with E-state index in [1.54, 1.807) is 4.57 Å². The van der Waals surface area contributed by atoms with Gasteiger partial charge in [0.15, 0.2) is 11.9 Å². The number of hydrogen-bond donors (Lipinski definition) is 3. The molecule has 4 atom stereocenters. The molecule has 10 heteroatoms. The van der Waals surface area contributed by atoms with Crippen molar-refractivity contribution in [1.29, 1.82) is 0 Å². The van der Waals surface area contributed by atoms with Gasteiger partial charge in [0.25, 0.3) is 0 Å². The maximum Gasteiger partial charge on any atom is 0.166 e. The number of rotatable bonds is 4. The molecule has 2 fully saturated rings. The van der Waals surface area contributed by atoms with Crippen molar-refractivity contribution in [2.75, 3.05) is 24.8 Å². The Balaban J connectivity index is 1.65. The van der Waals surface area contributed by atoms with Crippen molar-refractivity contribution in [1.82, 2.24) is 24.4 Å². The number of nitrogens with zero attached hydrogens (tertiary/aromatic N) is 5. The highest BCUT2D eigenvalue weighted by atomic mass is 32.2. The third-order valence-electron chi connectivity index (χ3n) is 4.40. The van der Waals surface area contributed by atoms with Crippen LogP contribution >= 0.6 is 11.8 Å². The Morgan fingerprint density at radius 2 is 2.16 bits per heavy atom. The highest BCUT2D eigenvalue weighted by molar-refractivity contribution is 7.99. The highest BCUT2D eigenvalue weighted by Gasteiger charge is 2.43. The number of hydrogen-bond acceptors (Lipinski definition) is 9. The second kappa shape index (κ2) is 6.89. The highest BCUT2D eigenvalue weighted by Crippen LogP contribution is 2.31. The molecule has 2 aromatic heterocycles. The van der Waals surface area contributed by atoms with E-state index in [0.29, 0.717) is 16.9 Å². The van der Waals surface area contributed by atoms with E-state index in [-0.39, 0.29) is 6.61 Å². The molecule has 4 heterocycles. The van der Waals surface area contributed by atoms with Crippen molar-refractivity contribution >= 4 is 29.0 Å². The normalized spacial score (nSPS) is 30.1. The monoisotopic (exact) mass is 365 g/mol. The van der Waals surface area contributed by atoms with Crippen LogP contribution in [0.15, 0.2) is 18.9 Å². The molecule has 3 N–H and O–H groups in total. The van der Waals surface area contributed by atoms with Gasteiger partial charge in [-0.3, -0.25) is 4.57 Å². The lowest BCUT2D eigenvalue weighted by Crippen LogP contribution is -2.33. The maximum absolute atomic E-state index is 10.2. The Kier molecular flexibility index (Phi) is 4.61. The van der Waals surface area contributed by atoms with Gasteiger partial charge in [0.05, 0.1) is 24.5 Å². The smallest absolute Gasteiger partial charge is 0.166 e. The quantitative estimate of drug-likeness (QED) is 0.654. The first kappa shape index (κ1) is 16.7. The minimum Gasteiger partial charge on any atom is -0.394 e. The van der Waals surface area contributed by atoms with Crippen LogP contribution in [0.3, 0.4) is 0 Å². The lowest BCUT2D eigenvalue weighted by atomic mass is 10.1. The predicted molar refractivity (Wildman–Crippen MR) is 91.4 cm³/mol. The molecule has 0 aromatic carbocycles. The number of imidazole rings is 1. The fraction of sp³-hybridized carbons (Fsp3) is 0.533. The van der Waals surface area contributed by atoms with Crippen molar-refractivity contribution in [2.45, 2.75) is 24.5 Å². The summed E-state index contributed by atoms with van der Waals surface area (Å²) in [6, 6.07) is 0. The van der Waals surface area contributed by atoms with Crippen LogP contribution in [0.4, 0.5) is 0 Å². The molecule has 25 heavy (non-hydrogen) atoms. The van der Waals surface area contributed by atoms with Gasteiger partial charge in [-0.15, -0.1) is 11.8 Å². The summed E-state index contributed by atoms with van der Waals surface area (Å²) >= 11 is 1.88. The molecule has 0 amide bonds. The molecule has 0 unspecified atom stereocenters. The van der Waals surface area contributed by atoms with Gasteiger partial charge in [-0.1, -0.05) is 0 Å². The average molecular weight is 365 g/mol. The summed E-state index contributed by atoms with van der Waals surface area (Å²) in [5, 5.41) is 29.4. The molecule has 4 rings (SSSR count). The van der Waals surface area contributed by atoms with Crippen molar-refractivity contribution < 1.29 is 20.1 Å². The van der Waals surface area contributed by atoms with Crippen LogP contribution in [0.1, 0.15) is 11.9 Å². The van der Waals surface area contributed by atoms with Crippen LogP contribution in [0, 0.1) is 0 Å². The molecule has 2 aromatic rings. The fourth-order valence-electron chi connectivity index (χ4n) is 3.01. The van der Waals surface area contributed by atoms with Crippen LogP contribution in [0.5, 0.6) is 0 Å². The Morgan fingerprint density at radius 3 is 2.88 bits per heavy atom. The first-order chi connectivity index (χ1) is 12.2. The minimum absolute atomic E-state index is 0.377. The zero-order valence-electron chi connectivity index (χ0n) is 13.3. The SMILES string of the molecule is OC[C@@H]1O[C@H](n2cnc3c(/C=C/N4CCSC4)ncnc32)[C@@H](O)[C@H]1O. The number of ether oxygens (including phenoxy) is 1. The molecular formula is C15H19N5O4S. The second-order valence-corrected chi connectivity index (χ2v) is 7.05. The predicted octanol–water partition coefficient (Wildman–Crippen LogP) is -0.585. The van der Waals surface area contributed by atoms with E-state index >= 15 is 0 Å². The standard InChI is InChI=1S/C15H19N5O4S/c21-5-10-12(22)13(23)15(24-10)20-7-18-11-9(16-6-17-14(11)20)1-2-19-3-4-25-8-19/h1-2,6-7,10,12-13,15,21-23H,3-5,8H2/b2-1+/t10-,12-,13-,15-/m0/s1. The Hall–Kier alpha value is -1.72. The van der Waals surface area contributed by atoms with Crippen LogP contribution < -0.4 is 0 Å². The van der Waals surface area contributed by atoms with Gasteiger partial charge in [-0.05, 0) is 6.08 Å². The van der Waals surface area contributed by atoms with Gasteiger partial charge in [0.1, 0.15) is 30.2 Å². The molecule has 0 saturated carbocycles. The maximum atomic E-state index is 10.2. The van der Waals surface area contributed by atoms with Crippen LogP contribution in [0.25, 0.3) is 17.2 Å². The Labute approximate surface area is 148 Å². The van der Waals surface area contributed by atoms with Crippen molar-refractivity contribution in [3.8, 4) is 0 Å². The van der Waals surface area contributed by atoms with E-state index in [4.69, 9.17) is 4.74 Å². The van der Waals surface area contributed by atoms with Crippen LogP contribution in [-0.4, -0.2) is 82.8 Å². The van der Waals surface area contributed by atoms with E-state index in [0.717, 1.165) is 18.2 Å². The number of aliphatic hydroxyl groups is 3. The van der Waals surface area contributed by atoms with Gasteiger partial charge in [-0.2, -0.15) is 0 Å². The van der Waals surface area contributed by atoms with Gasteiger partial charge in [-0.25, -0.2) is 15.0 Å². The first-order valence-electron chi connectivity index (χ1n) is 7.99. The van der Waals surface area contributed by atoms with E-state index < -0.39 is 24.5 Å². The van der Waals surface area contributed by atoms with Crippen LogP contribution in [0.2, 0.25) is 0 Å². The summed E-state index contributed by atoms with van der Waals surface area (Å²) in [4.78, 5) is 15.1. The Morgan fingerprint density at radius 1 is 1.28 bits per heavy atom. The van der Waals surface area contributed by atoms with Crippen molar-refractivity contribution in [2.24, 2.45) is 0 Å². The third-order valence-corrected chi connectivity index (χ3v) is 5.39. The largest absolute Gasteiger partial charge is 0.394 e. The summed E-state index contributed by atoms with van der Waals surface area (Å²) in [6.07, 6.45) is 2.78. The molecule has 134 valence electrons. The lowest BCUT2D eigenvalue weighted by Gasteiger charge is -2.16. The minimum atomic E-state index is -1.18. The topological polar surface area (TPSA) is 117 Å². The molecular weight excluding hydrogens is 346 g/mol. The number of aromatic nitrogens is 4. The van der Waals surface area contributed by atoms with Gasteiger partial charge in [0, 0.05) is 18.5 Å². The van der Waals surface area contributed by atoms with Crippen LogP contribution in [-0.2, 0) is 4.74 Å². The molecule has 0 aliphatic carbocycles. The molecule has 2 saturated heterocycles. The summed E-state index contributed by atoms with van der Waals surface area (Å²) in [5.74, 6) is 2.07. The molecule has 9 nitrogen and oxygen atoms in total. The molecule has 0 bridgehead atoms. The third kappa shape index (κ3) is 3.00. The van der Waals surface area contributed by atoms with Crippen molar-refractivity contribution in [3.05, 3.63) is 24.5 Å². The second-order valence-electron chi connectivity index (χ2n) is 5.98. The molecule has 2 aliphatic heterocycles. The summed E-state index contributed by atoms with van der Waals surface area (Å²) in [7, 11) is 0. The van der Waals surface area contributed by atoms with E-state index in [9.17, 15) is 15.3 Å². The number of thioether (sulfide) groups is 1. The first-order valence-corrected chi connectivity index (χ1v) is 9.14. The van der Waals surface area contributed by atoms with Gasteiger partial charge >= 0.3 is 0 Å². The average Bonchev–Trinajstić information content (AvgIpc) is 3.34. The fourth-order valence-corrected chi connectivity index (χ4v) is 3.95. The van der Waals surface area contributed by atoms with E-state index in [2.05, 4.69) is 19.9 Å². The number of fused-ring (bicyclic) bond motifs is 1. The van der Waals surface area contributed by atoms with E-state index in [1.165, 1.54) is 12.7 Å². The van der Waals surface area contributed by atoms with Crippen molar-refractivity contribution in [3.63, 3.8) is 0 Å². The van der Waals surface area contributed by atoms with E-state index in [1.807, 2.05) is 24.0 Å². The summed E-state index contributed by atoms with van der Waals surface area (Å²) < 4.78 is 7.11. The zero-order valence-corrected chi connectivity index (χ0v) is 14.2.